The molecule has 1 aliphatic rings. The van der Waals surface area contributed by atoms with Gasteiger partial charge in [-0.25, -0.2) is 4.99 Å². The summed E-state index contributed by atoms with van der Waals surface area (Å²) in [5.41, 5.74) is 2.27. The van der Waals surface area contributed by atoms with E-state index < -0.39 is 0 Å². The van der Waals surface area contributed by atoms with Gasteiger partial charge in [0, 0.05) is 45.1 Å². The lowest BCUT2D eigenvalue weighted by atomic mass is 10.0. The highest BCUT2D eigenvalue weighted by atomic mass is 16.5. The van der Waals surface area contributed by atoms with Crippen LogP contribution < -0.4 is 15.4 Å². The molecule has 0 radical (unpaired) electrons. The van der Waals surface area contributed by atoms with E-state index >= 15 is 0 Å². The first-order valence-corrected chi connectivity index (χ1v) is 10.0. The molecule has 152 valence electrons. The molecule has 0 spiro atoms. The average molecular weight is 378 g/mol. The van der Waals surface area contributed by atoms with Crippen molar-refractivity contribution in [2.45, 2.75) is 39.7 Å². The van der Waals surface area contributed by atoms with Crippen molar-refractivity contribution in [2.75, 3.05) is 46.6 Å². The van der Waals surface area contributed by atoms with Crippen LogP contribution in [-0.4, -0.2) is 52.6 Å². The summed E-state index contributed by atoms with van der Waals surface area (Å²) in [5, 5.41) is 6.66. The highest BCUT2D eigenvalue weighted by Crippen LogP contribution is 2.20. The van der Waals surface area contributed by atoms with Crippen LogP contribution in [0.1, 0.15) is 37.3 Å². The van der Waals surface area contributed by atoms with Crippen molar-refractivity contribution in [3.8, 4) is 5.75 Å². The molecule has 6 nitrogen and oxygen atoms in total. The number of benzene rings is 1. The fraction of sp³-hybridized carbons (Fsp3) is 0.667. The smallest absolute Gasteiger partial charge is 0.191 e. The van der Waals surface area contributed by atoms with Gasteiger partial charge in [0.25, 0.3) is 0 Å². The van der Waals surface area contributed by atoms with Crippen LogP contribution in [0.25, 0.3) is 0 Å². The number of ether oxygens (including phenoxy) is 3. The molecule has 0 saturated carbocycles. The SMILES string of the molecule is CCNC(=NCc1ccc(C)cc1OC)NCCCOCC1CCOCC1. The van der Waals surface area contributed by atoms with E-state index in [0.29, 0.717) is 12.5 Å². The van der Waals surface area contributed by atoms with Gasteiger partial charge in [-0.3, -0.25) is 0 Å². The van der Waals surface area contributed by atoms with Crippen molar-refractivity contribution >= 4 is 5.96 Å². The molecule has 1 aliphatic heterocycles. The molecule has 1 heterocycles. The highest BCUT2D eigenvalue weighted by Gasteiger charge is 2.13. The molecule has 1 saturated heterocycles. The topological polar surface area (TPSA) is 64.1 Å². The van der Waals surface area contributed by atoms with Crippen molar-refractivity contribution < 1.29 is 14.2 Å². The summed E-state index contributed by atoms with van der Waals surface area (Å²) in [6.45, 7) is 9.76. The van der Waals surface area contributed by atoms with Crippen LogP contribution in [0.4, 0.5) is 0 Å². The molecular formula is C21H35N3O3. The van der Waals surface area contributed by atoms with Gasteiger partial charge in [-0.05, 0) is 50.7 Å². The molecule has 2 N–H and O–H groups in total. The Morgan fingerprint density at radius 3 is 2.81 bits per heavy atom. The number of rotatable bonds is 10. The number of aliphatic imine (C=N–C) groups is 1. The molecule has 0 amide bonds. The molecule has 0 unspecified atom stereocenters. The van der Waals surface area contributed by atoms with Gasteiger partial charge in [0.15, 0.2) is 5.96 Å². The molecule has 6 heteroatoms. The molecule has 0 aliphatic carbocycles. The number of nitrogens with zero attached hydrogens (tertiary/aromatic N) is 1. The lowest BCUT2D eigenvalue weighted by Crippen LogP contribution is -2.38. The van der Waals surface area contributed by atoms with Crippen LogP contribution in [-0.2, 0) is 16.0 Å². The van der Waals surface area contributed by atoms with Crippen LogP contribution in [0, 0.1) is 12.8 Å². The zero-order valence-electron chi connectivity index (χ0n) is 17.1. The van der Waals surface area contributed by atoms with E-state index in [1.807, 2.05) is 6.07 Å². The Hall–Kier alpha value is -1.79. The first-order chi connectivity index (χ1) is 13.2. The molecule has 27 heavy (non-hydrogen) atoms. The van der Waals surface area contributed by atoms with Crippen LogP contribution in [0.3, 0.4) is 0 Å². The third-order valence-corrected chi connectivity index (χ3v) is 4.65. The molecule has 2 rings (SSSR count). The maximum atomic E-state index is 5.81. The molecule has 0 bridgehead atoms. The van der Waals surface area contributed by atoms with Gasteiger partial charge in [0.1, 0.15) is 5.75 Å². The zero-order valence-corrected chi connectivity index (χ0v) is 17.1. The third kappa shape index (κ3) is 8.18. The summed E-state index contributed by atoms with van der Waals surface area (Å²) < 4.78 is 16.6. The average Bonchev–Trinajstić information content (AvgIpc) is 2.70. The van der Waals surface area contributed by atoms with Crippen molar-refractivity contribution in [1.29, 1.82) is 0 Å². The van der Waals surface area contributed by atoms with E-state index in [-0.39, 0.29) is 0 Å². The minimum absolute atomic E-state index is 0.582. The van der Waals surface area contributed by atoms with Gasteiger partial charge < -0.3 is 24.8 Å². The minimum atomic E-state index is 0.582. The zero-order chi connectivity index (χ0) is 19.3. The second kappa shape index (κ2) is 12.6. The fourth-order valence-corrected chi connectivity index (χ4v) is 3.03. The van der Waals surface area contributed by atoms with Crippen LogP contribution in [0.15, 0.2) is 23.2 Å². The predicted molar refractivity (Wildman–Crippen MR) is 110 cm³/mol. The molecular weight excluding hydrogens is 342 g/mol. The van der Waals surface area contributed by atoms with E-state index in [4.69, 9.17) is 14.2 Å². The lowest BCUT2D eigenvalue weighted by Gasteiger charge is -2.21. The monoisotopic (exact) mass is 377 g/mol. The van der Waals surface area contributed by atoms with E-state index in [1.54, 1.807) is 7.11 Å². The Balaban J connectivity index is 1.70. The summed E-state index contributed by atoms with van der Waals surface area (Å²) in [7, 11) is 1.70. The minimum Gasteiger partial charge on any atom is -0.496 e. The highest BCUT2D eigenvalue weighted by molar-refractivity contribution is 5.79. The fourth-order valence-electron chi connectivity index (χ4n) is 3.03. The Labute approximate surface area is 163 Å². The normalized spacial score (nSPS) is 15.6. The Morgan fingerprint density at radius 2 is 2.07 bits per heavy atom. The summed E-state index contributed by atoms with van der Waals surface area (Å²) in [5.74, 6) is 2.37. The number of hydrogen-bond acceptors (Lipinski definition) is 4. The quantitative estimate of drug-likeness (QED) is 0.373. The molecule has 0 atom stereocenters. The predicted octanol–water partition coefficient (Wildman–Crippen LogP) is 2.89. The van der Waals surface area contributed by atoms with Gasteiger partial charge in [0.05, 0.1) is 13.7 Å². The number of hydrogen-bond donors (Lipinski definition) is 2. The van der Waals surface area contributed by atoms with Crippen molar-refractivity contribution in [1.82, 2.24) is 10.6 Å². The first-order valence-electron chi connectivity index (χ1n) is 10.0. The van der Waals surface area contributed by atoms with Gasteiger partial charge in [-0.1, -0.05) is 12.1 Å². The maximum absolute atomic E-state index is 5.81. The van der Waals surface area contributed by atoms with Gasteiger partial charge in [-0.15, -0.1) is 0 Å². The van der Waals surface area contributed by atoms with Crippen LogP contribution >= 0.6 is 0 Å². The largest absolute Gasteiger partial charge is 0.496 e. The van der Waals surface area contributed by atoms with Gasteiger partial charge in [-0.2, -0.15) is 0 Å². The number of aryl methyl sites for hydroxylation is 1. The molecule has 1 aromatic rings. The number of methoxy groups -OCH3 is 1. The van der Waals surface area contributed by atoms with E-state index in [1.165, 1.54) is 5.56 Å². The number of nitrogens with one attached hydrogen (secondary N) is 2. The second-order valence-corrected chi connectivity index (χ2v) is 6.92. The summed E-state index contributed by atoms with van der Waals surface area (Å²) >= 11 is 0. The van der Waals surface area contributed by atoms with Crippen molar-refractivity contribution in [2.24, 2.45) is 10.9 Å². The summed E-state index contributed by atoms with van der Waals surface area (Å²) in [4.78, 5) is 4.67. The Kier molecular flexibility index (Phi) is 10.0. The van der Waals surface area contributed by atoms with Gasteiger partial charge >= 0.3 is 0 Å². The lowest BCUT2D eigenvalue weighted by molar-refractivity contribution is 0.0203. The molecule has 1 fully saturated rings. The molecule has 0 aromatic heterocycles. The Morgan fingerprint density at radius 1 is 1.26 bits per heavy atom. The molecule has 1 aromatic carbocycles. The van der Waals surface area contributed by atoms with Crippen LogP contribution in [0.2, 0.25) is 0 Å². The summed E-state index contributed by atoms with van der Waals surface area (Å²) in [6.07, 6.45) is 3.21. The van der Waals surface area contributed by atoms with E-state index in [0.717, 1.165) is 76.1 Å². The standard InChI is InChI=1S/C21H35N3O3/c1-4-22-21(24-15-19-7-6-17(2)14-20(19)25-3)23-10-5-11-27-16-18-8-12-26-13-9-18/h6-7,14,18H,4-5,8-13,15-16H2,1-3H3,(H2,22,23,24). The number of guanidine groups is 1. The maximum Gasteiger partial charge on any atom is 0.191 e. The Bertz CT molecular complexity index is 572. The third-order valence-electron chi connectivity index (χ3n) is 4.65. The second-order valence-electron chi connectivity index (χ2n) is 6.92. The summed E-state index contributed by atoms with van der Waals surface area (Å²) in [6, 6.07) is 6.20. The van der Waals surface area contributed by atoms with Gasteiger partial charge in [0.2, 0.25) is 0 Å². The van der Waals surface area contributed by atoms with Crippen LogP contribution in [0.5, 0.6) is 5.75 Å². The van der Waals surface area contributed by atoms with Crippen molar-refractivity contribution in [3.63, 3.8) is 0 Å². The first kappa shape index (κ1) is 21.5. The van der Waals surface area contributed by atoms with Crippen molar-refractivity contribution in [3.05, 3.63) is 29.3 Å². The van der Waals surface area contributed by atoms with E-state index in [9.17, 15) is 0 Å². The van der Waals surface area contributed by atoms with E-state index in [2.05, 4.69) is 41.6 Å².